The van der Waals surface area contributed by atoms with Gasteiger partial charge in [0.2, 0.25) is 0 Å². The quantitative estimate of drug-likeness (QED) is 0.522. The number of aliphatic hydroxyl groups excluding tert-OH is 2. The third-order valence-electron chi connectivity index (χ3n) is 1.53. The number of ether oxygens (including phenoxy) is 1. The first-order valence-electron chi connectivity index (χ1n) is 3.42. The summed E-state index contributed by atoms with van der Waals surface area (Å²) in [6.07, 6.45) is 3.23. The molecule has 0 aliphatic carbocycles. The summed E-state index contributed by atoms with van der Waals surface area (Å²) >= 11 is 0. The fourth-order valence-corrected chi connectivity index (χ4v) is 0.978. The molecular weight excluding hydrogens is 132 g/mol. The number of hydrogen-bond acceptors (Lipinski definition) is 3. The van der Waals surface area contributed by atoms with Gasteiger partial charge in [0.15, 0.2) is 0 Å². The molecule has 0 radical (unpaired) electrons. The molecule has 0 amide bonds. The smallest absolute Gasteiger partial charge is 0.0984 e. The van der Waals surface area contributed by atoms with Gasteiger partial charge in [-0.25, -0.2) is 0 Å². The van der Waals surface area contributed by atoms with E-state index in [0.717, 1.165) is 0 Å². The van der Waals surface area contributed by atoms with E-state index in [-0.39, 0.29) is 12.7 Å². The fraction of sp³-hybridized carbons (Fsp3) is 0.714. The van der Waals surface area contributed by atoms with Gasteiger partial charge in [-0.3, -0.25) is 0 Å². The second-order valence-electron chi connectivity index (χ2n) is 2.30. The summed E-state index contributed by atoms with van der Waals surface area (Å²) in [4.78, 5) is 0. The van der Waals surface area contributed by atoms with E-state index in [9.17, 15) is 5.11 Å². The SMILES string of the molecule is OCC[C@@H]1OCC=C[C@@H]1O. The van der Waals surface area contributed by atoms with E-state index in [4.69, 9.17) is 9.84 Å². The highest BCUT2D eigenvalue weighted by molar-refractivity contribution is 4.96. The van der Waals surface area contributed by atoms with Crippen molar-refractivity contribution in [2.75, 3.05) is 13.2 Å². The molecule has 3 heteroatoms. The monoisotopic (exact) mass is 144 g/mol. The Morgan fingerprint density at radius 1 is 1.60 bits per heavy atom. The van der Waals surface area contributed by atoms with Crippen LogP contribution < -0.4 is 0 Å². The van der Waals surface area contributed by atoms with E-state index < -0.39 is 6.10 Å². The van der Waals surface area contributed by atoms with Crippen LogP contribution in [0.1, 0.15) is 6.42 Å². The Kier molecular flexibility index (Phi) is 2.86. The molecule has 1 rings (SSSR count). The summed E-state index contributed by atoms with van der Waals surface area (Å²) in [7, 11) is 0. The van der Waals surface area contributed by atoms with Crippen molar-refractivity contribution < 1.29 is 14.9 Å². The Bertz CT molecular complexity index is 122. The van der Waals surface area contributed by atoms with Crippen LogP contribution in [-0.4, -0.2) is 35.6 Å². The van der Waals surface area contributed by atoms with Gasteiger partial charge in [0.05, 0.1) is 18.8 Å². The Morgan fingerprint density at radius 3 is 3.00 bits per heavy atom. The van der Waals surface area contributed by atoms with Crippen molar-refractivity contribution in [2.45, 2.75) is 18.6 Å². The molecule has 10 heavy (non-hydrogen) atoms. The highest BCUT2D eigenvalue weighted by atomic mass is 16.5. The summed E-state index contributed by atoms with van der Waals surface area (Å²) in [6.45, 7) is 0.608. The molecule has 0 aromatic rings. The van der Waals surface area contributed by atoms with E-state index in [1.807, 2.05) is 0 Å². The maximum Gasteiger partial charge on any atom is 0.0984 e. The lowest BCUT2D eigenvalue weighted by atomic mass is 10.1. The van der Waals surface area contributed by atoms with Crippen LogP contribution in [0.15, 0.2) is 12.2 Å². The van der Waals surface area contributed by atoms with Crippen molar-refractivity contribution in [3.8, 4) is 0 Å². The predicted octanol–water partition coefficient (Wildman–Crippen LogP) is -0.315. The summed E-state index contributed by atoms with van der Waals surface area (Å²) < 4.78 is 5.13. The van der Waals surface area contributed by atoms with Crippen LogP contribution in [0.2, 0.25) is 0 Å². The molecule has 1 aliphatic rings. The standard InChI is InChI=1S/C7H12O3/c8-4-3-7-6(9)2-1-5-10-7/h1-2,6-9H,3-5H2/t6-,7-/m0/s1. The molecule has 2 N–H and O–H groups in total. The van der Waals surface area contributed by atoms with Crippen LogP contribution in [0, 0.1) is 0 Å². The molecular formula is C7H12O3. The average Bonchev–Trinajstić information content (AvgIpc) is 1.94. The molecule has 0 spiro atoms. The number of aliphatic hydroxyl groups is 2. The molecule has 3 nitrogen and oxygen atoms in total. The van der Waals surface area contributed by atoms with E-state index in [2.05, 4.69) is 0 Å². The van der Waals surface area contributed by atoms with Crippen LogP contribution in [0.3, 0.4) is 0 Å². The van der Waals surface area contributed by atoms with Crippen LogP contribution in [-0.2, 0) is 4.74 Å². The van der Waals surface area contributed by atoms with Crippen LogP contribution in [0.5, 0.6) is 0 Å². The van der Waals surface area contributed by atoms with Crippen molar-refractivity contribution in [3.63, 3.8) is 0 Å². The Hall–Kier alpha value is -0.380. The maximum absolute atomic E-state index is 9.18. The van der Waals surface area contributed by atoms with Crippen LogP contribution in [0.25, 0.3) is 0 Å². The van der Waals surface area contributed by atoms with Gasteiger partial charge < -0.3 is 14.9 Å². The summed E-state index contributed by atoms with van der Waals surface area (Å²) in [6, 6.07) is 0. The zero-order valence-electron chi connectivity index (χ0n) is 5.73. The zero-order chi connectivity index (χ0) is 7.40. The minimum absolute atomic E-state index is 0.0650. The molecule has 1 aliphatic heterocycles. The normalized spacial score (nSPS) is 32.6. The van der Waals surface area contributed by atoms with Gasteiger partial charge in [-0.1, -0.05) is 12.2 Å². The molecule has 2 atom stereocenters. The Balaban J connectivity index is 2.36. The minimum atomic E-state index is -0.541. The molecule has 0 fully saturated rings. The first-order valence-corrected chi connectivity index (χ1v) is 3.42. The van der Waals surface area contributed by atoms with E-state index >= 15 is 0 Å². The average molecular weight is 144 g/mol. The van der Waals surface area contributed by atoms with E-state index in [0.29, 0.717) is 13.0 Å². The van der Waals surface area contributed by atoms with Crippen molar-refractivity contribution in [1.29, 1.82) is 0 Å². The molecule has 0 bridgehead atoms. The van der Waals surface area contributed by atoms with Gasteiger partial charge in [0.25, 0.3) is 0 Å². The summed E-state index contributed by atoms with van der Waals surface area (Å²) in [5.74, 6) is 0. The second kappa shape index (κ2) is 3.71. The van der Waals surface area contributed by atoms with E-state index in [1.54, 1.807) is 12.2 Å². The highest BCUT2D eigenvalue weighted by Gasteiger charge is 2.18. The molecule has 0 aromatic carbocycles. The molecule has 0 unspecified atom stereocenters. The lowest BCUT2D eigenvalue weighted by Gasteiger charge is -2.22. The Labute approximate surface area is 59.9 Å². The predicted molar refractivity (Wildman–Crippen MR) is 36.6 cm³/mol. The third-order valence-corrected chi connectivity index (χ3v) is 1.53. The second-order valence-corrected chi connectivity index (χ2v) is 2.30. The largest absolute Gasteiger partial charge is 0.396 e. The molecule has 0 saturated carbocycles. The van der Waals surface area contributed by atoms with Crippen molar-refractivity contribution in [3.05, 3.63) is 12.2 Å². The van der Waals surface area contributed by atoms with Gasteiger partial charge >= 0.3 is 0 Å². The first-order chi connectivity index (χ1) is 4.84. The first kappa shape index (κ1) is 7.72. The number of rotatable bonds is 2. The van der Waals surface area contributed by atoms with Crippen molar-refractivity contribution >= 4 is 0 Å². The van der Waals surface area contributed by atoms with Gasteiger partial charge in [0, 0.05) is 6.61 Å². The van der Waals surface area contributed by atoms with Crippen LogP contribution >= 0.6 is 0 Å². The topological polar surface area (TPSA) is 49.7 Å². The third kappa shape index (κ3) is 1.80. The number of hydrogen-bond donors (Lipinski definition) is 2. The summed E-state index contributed by atoms with van der Waals surface area (Å²) in [5.41, 5.74) is 0. The molecule has 1 heterocycles. The van der Waals surface area contributed by atoms with Gasteiger partial charge in [-0.15, -0.1) is 0 Å². The Morgan fingerprint density at radius 2 is 2.40 bits per heavy atom. The van der Waals surface area contributed by atoms with Crippen molar-refractivity contribution in [2.24, 2.45) is 0 Å². The van der Waals surface area contributed by atoms with Gasteiger partial charge in [-0.05, 0) is 6.42 Å². The molecule has 58 valence electrons. The summed E-state index contributed by atoms with van der Waals surface area (Å²) in [5, 5.41) is 17.7. The zero-order valence-corrected chi connectivity index (χ0v) is 5.73. The molecule has 0 aromatic heterocycles. The fourth-order valence-electron chi connectivity index (χ4n) is 0.978. The van der Waals surface area contributed by atoms with Crippen LogP contribution in [0.4, 0.5) is 0 Å². The van der Waals surface area contributed by atoms with E-state index in [1.165, 1.54) is 0 Å². The van der Waals surface area contributed by atoms with Gasteiger partial charge in [-0.2, -0.15) is 0 Å². The van der Waals surface area contributed by atoms with Gasteiger partial charge in [0.1, 0.15) is 0 Å². The minimum Gasteiger partial charge on any atom is -0.396 e. The lowest BCUT2D eigenvalue weighted by Crippen LogP contribution is -2.31. The highest BCUT2D eigenvalue weighted by Crippen LogP contribution is 2.09. The van der Waals surface area contributed by atoms with Crippen molar-refractivity contribution in [1.82, 2.24) is 0 Å². The maximum atomic E-state index is 9.18. The lowest BCUT2D eigenvalue weighted by molar-refractivity contribution is -0.0272. The molecule has 0 saturated heterocycles.